The highest BCUT2D eigenvalue weighted by Gasteiger charge is 2.12. The molecule has 0 atom stereocenters. The van der Waals surface area contributed by atoms with Gasteiger partial charge in [0.25, 0.3) is 5.91 Å². The monoisotopic (exact) mass is 328 g/mol. The molecule has 1 N–H and O–H groups in total. The molecule has 1 aromatic heterocycles. The Kier molecular flexibility index (Phi) is 4.30. The number of halogens is 1. The van der Waals surface area contributed by atoms with Crippen LogP contribution in [0.5, 0.6) is 0 Å². The minimum Gasteiger partial charge on any atom is -0.322 e. The van der Waals surface area contributed by atoms with Gasteiger partial charge < -0.3 is 5.32 Å². The molecule has 23 heavy (non-hydrogen) atoms. The molecule has 0 spiro atoms. The lowest BCUT2D eigenvalue weighted by Crippen LogP contribution is -2.12. The average Bonchev–Trinajstić information content (AvgIpc) is 2.94. The van der Waals surface area contributed by atoms with Crippen LogP contribution < -0.4 is 5.32 Å². The molecule has 0 saturated carbocycles. The summed E-state index contributed by atoms with van der Waals surface area (Å²) < 4.78 is 1.85. The number of nitrogens with zero attached hydrogens (tertiary/aromatic N) is 3. The Morgan fingerprint density at radius 2 is 2.13 bits per heavy atom. The highest BCUT2D eigenvalue weighted by atomic mass is 35.5. The topological polar surface area (TPSA) is 59.8 Å². The van der Waals surface area contributed by atoms with Crippen LogP contribution in [0.2, 0.25) is 5.02 Å². The largest absolute Gasteiger partial charge is 0.322 e. The number of fused-ring (bicyclic) bond motifs is 1. The third-order valence-electron chi connectivity index (χ3n) is 3.73. The number of benzene rings is 2. The predicted octanol–water partition coefficient (Wildman–Crippen LogP) is 4.06. The van der Waals surface area contributed by atoms with E-state index in [2.05, 4.69) is 22.6 Å². The van der Waals surface area contributed by atoms with Gasteiger partial charge >= 0.3 is 0 Å². The Morgan fingerprint density at radius 1 is 1.30 bits per heavy atom. The van der Waals surface area contributed by atoms with Gasteiger partial charge in [-0.2, -0.15) is 0 Å². The van der Waals surface area contributed by atoms with Gasteiger partial charge in [-0.25, -0.2) is 4.68 Å². The third-order valence-corrected chi connectivity index (χ3v) is 4.14. The Morgan fingerprint density at radius 3 is 2.91 bits per heavy atom. The molecule has 0 bridgehead atoms. The molecular formula is C17H17ClN4O. The molecule has 0 unspecified atom stereocenters. The molecule has 0 aliphatic heterocycles. The average molecular weight is 329 g/mol. The van der Waals surface area contributed by atoms with Gasteiger partial charge in [0, 0.05) is 22.8 Å². The van der Waals surface area contributed by atoms with Crippen molar-refractivity contribution in [3.63, 3.8) is 0 Å². The van der Waals surface area contributed by atoms with Crippen molar-refractivity contribution < 1.29 is 4.79 Å². The van der Waals surface area contributed by atoms with Crippen LogP contribution in [-0.2, 0) is 6.54 Å². The second-order valence-corrected chi connectivity index (χ2v) is 5.79. The number of carbonyl (C=O) groups excluding carboxylic acids is 1. The molecule has 0 radical (unpaired) electrons. The number of aromatic nitrogens is 3. The first-order valence-corrected chi connectivity index (χ1v) is 7.87. The van der Waals surface area contributed by atoms with Crippen molar-refractivity contribution in [2.24, 2.45) is 0 Å². The van der Waals surface area contributed by atoms with Gasteiger partial charge in [0.1, 0.15) is 5.52 Å². The minimum absolute atomic E-state index is 0.192. The Bertz CT molecular complexity index is 872. The highest BCUT2D eigenvalue weighted by molar-refractivity contribution is 6.31. The predicted molar refractivity (Wildman–Crippen MR) is 92.0 cm³/mol. The van der Waals surface area contributed by atoms with Crippen LogP contribution in [0.4, 0.5) is 5.69 Å². The van der Waals surface area contributed by atoms with Crippen molar-refractivity contribution in [1.82, 2.24) is 15.0 Å². The number of rotatable bonds is 4. The third kappa shape index (κ3) is 3.05. The van der Waals surface area contributed by atoms with Gasteiger partial charge in [-0.1, -0.05) is 29.8 Å². The van der Waals surface area contributed by atoms with Crippen molar-refractivity contribution >= 4 is 34.2 Å². The van der Waals surface area contributed by atoms with Crippen LogP contribution >= 0.6 is 11.6 Å². The molecular weight excluding hydrogens is 312 g/mol. The Labute approximate surface area is 139 Å². The SMILES string of the molecule is CCCn1nnc2cc(C(=O)Nc3cccc(Cl)c3C)ccc21. The van der Waals surface area contributed by atoms with Crippen molar-refractivity contribution in [2.45, 2.75) is 26.8 Å². The first kappa shape index (κ1) is 15.5. The summed E-state index contributed by atoms with van der Waals surface area (Å²) in [5.41, 5.74) is 3.74. The van der Waals surface area contributed by atoms with E-state index in [0.717, 1.165) is 24.0 Å². The number of amides is 1. The summed E-state index contributed by atoms with van der Waals surface area (Å²) in [4.78, 5) is 12.4. The maximum atomic E-state index is 12.4. The van der Waals surface area contributed by atoms with Crippen molar-refractivity contribution in [3.8, 4) is 0 Å². The van der Waals surface area contributed by atoms with Gasteiger partial charge in [-0.15, -0.1) is 5.10 Å². The molecule has 2 aromatic carbocycles. The van der Waals surface area contributed by atoms with Crippen LogP contribution in [0.25, 0.3) is 11.0 Å². The molecule has 1 heterocycles. The molecule has 0 saturated heterocycles. The van der Waals surface area contributed by atoms with E-state index in [1.54, 1.807) is 18.2 Å². The number of anilines is 1. The Hall–Kier alpha value is -2.40. The first-order chi connectivity index (χ1) is 11.1. The van der Waals surface area contributed by atoms with Crippen LogP contribution in [0.1, 0.15) is 29.3 Å². The van der Waals surface area contributed by atoms with Crippen LogP contribution in [0, 0.1) is 6.92 Å². The van der Waals surface area contributed by atoms with Gasteiger partial charge in [-0.3, -0.25) is 4.79 Å². The zero-order valence-corrected chi connectivity index (χ0v) is 13.8. The summed E-state index contributed by atoms with van der Waals surface area (Å²) in [6.45, 7) is 4.77. The van der Waals surface area contributed by atoms with E-state index in [9.17, 15) is 4.79 Å². The summed E-state index contributed by atoms with van der Waals surface area (Å²) in [6.07, 6.45) is 0.981. The second-order valence-electron chi connectivity index (χ2n) is 5.38. The molecule has 1 amide bonds. The molecule has 0 fully saturated rings. The Balaban J connectivity index is 1.87. The lowest BCUT2D eigenvalue weighted by Gasteiger charge is -2.09. The van der Waals surface area contributed by atoms with E-state index in [-0.39, 0.29) is 5.91 Å². The fraction of sp³-hybridized carbons (Fsp3) is 0.235. The van der Waals surface area contributed by atoms with Gasteiger partial charge in [-0.05, 0) is 49.2 Å². The number of nitrogens with one attached hydrogen (secondary N) is 1. The zero-order chi connectivity index (χ0) is 16.4. The fourth-order valence-electron chi connectivity index (χ4n) is 2.43. The standard InChI is InChI=1S/C17H17ClN4O/c1-3-9-22-16-8-7-12(10-15(16)20-21-22)17(23)19-14-6-4-5-13(18)11(14)2/h4-8,10H,3,9H2,1-2H3,(H,19,23). The molecule has 5 nitrogen and oxygen atoms in total. The smallest absolute Gasteiger partial charge is 0.255 e. The summed E-state index contributed by atoms with van der Waals surface area (Å²) in [6, 6.07) is 10.9. The summed E-state index contributed by atoms with van der Waals surface area (Å²) >= 11 is 6.08. The molecule has 0 aliphatic rings. The van der Waals surface area contributed by atoms with E-state index < -0.39 is 0 Å². The molecule has 118 valence electrons. The highest BCUT2D eigenvalue weighted by Crippen LogP contribution is 2.24. The van der Waals surface area contributed by atoms with E-state index in [0.29, 0.717) is 21.8 Å². The molecule has 3 rings (SSSR count). The zero-order valence-electron chi connectivity index (χ0n) is 13.0. The molecule has 6 heteroatoms. The second kappa shape index (κ2) is 6.38. The number of carbonyl (C=O) groups is 1. The van der Waals surface area contributed by atoms with Crippen molar-refractivity contribution in [1.29, 1.82) is 0 Å². The van der Waals surface area contributed by atoms with E-state index in [4.69, 9.17) is 11.6 Å². The van der Waals surface area contributed by atoms with E-state index >= 15 is 0 Å². The minimum atomic E-state index is -0.192. The normalized spacial score (nSPS) is 10.9. The van der Waals surface area contributed by atoms with E-state index in [1.807, 2.05) is 29.8 Å². The first-order valence-electron chi connectivity index (χ1n) is 7.50. The maximum Gasteiger partial charge on any atom is 0.255 e. The number of hydrogen-bond donors (Lipinski definition) is 1. The summed E-state index contributed by atoms with van der Waals surface area (Å²) in [7, 11) is 0. The van der Waals surface area contributed by atoms with Gasteiger partial charge in [0.05, 0.1) is 5.52 Å². The molecule has 0 aliphatic carbocycles. The van der Waals surface area contributed by atoms with Crippen molar-refractivity contribution in [2.75, 3.05) is 5.32 Å². The number of aryl methyl sites for hydroxylation is 1. The number of hydrogen-bond acceptors (Lipinski definition) is 3. The van der Waals surface area contributed by atoms with Crippen LogP contribution in [0.3, 0.4) is 0 Å². The van der Waals surface area contributed by atoms with Gasteiger partial charge in [0.15, 0.2) is 0 Å². The van der Waals surface area contributed by atoms with Crippen molar-refractivity contribution in [3.05, 3.63) is 52.5 Å². The van der Waals surface area contributed by atoms with Crippen LogP contribution in [-0.4, -0.2) is 20.9 Å². The molecule has 3 aromatic rings. The fourth-order valence-corrected chi connectivity index (χ4v) is 2.60. The summed E-state index contributed by atoms with van der Waals surface area (Å²) in [5, 5.41) is 11.8. The maximum absolute atomic E-state index is 12.4. The quantitative estimate of drug-likeness (QED) is 0.785. The lowest BCUT2D eigenvalue weighted by molar-refractivity contribution is 0.102. The van der Waals surface area contributed by atoms with E-state index in [1.165, 1.54) is 0 Å². The lowest BCUT2D eigenvalue weighted by atomic mass is 10.1. The summed E-state index contributed by atoms with van der Waals surface area (Å²) in [5.74, 6) is -0.192. The van der Waals surface area contributed by atoms with Crippen LogP contribution in [0.15, 0.2) is 36.4 Å². The van der Waals surface area contributed by atoms with Gasteiger partial charge in [0.2, 0.25) is 0 Å².